The monoisotopic (exact) mass is 124 g/mol. The molecule has 0 atom stereocenters. The minimum Gasteiger partial charge on any atom is -0.504 e. The van der Waals surface area contributed by atoms with Crippen LogP contribution in [0.2, 0.25) is 0 Å². The summed E-state index contributed by atoms with van der Waals surface area (Å²) in [5.41, 5.74) is -0.347. The number of rotatable bonds is 0. The van der Waals surface area contributed by atoms with E-state index in [-0.39, 0.29) is 11.2 Å². The Hall–Kier alpha value is -1.31. The van der Waals surface area contributed by atoms with Crippen molar-refractivity contribution in [3.63, 3.8) is 0 Å². The standard InChI is InChI=1S/C7H6O2/c8-6-4-2-1-3-5-7(6)9/h1-5H,(H,8,9)/i6+1,7+1. The van der Waals surface area contributed by atoms with Crippen LogP contribution in [0.5, 0.6) is 5.75 Å². The maximum Gasteiger partial charge on any atom is 0.220 e. The SMILES string of the molecule is O=[13c]1ccccc[13c]1O. The molecule has 0 saturated heterocycles. The molecule has 0 aromatic heterocycles. The highest BCUT2D eigenvalue weighted by molar-refractivity contribution is 5.17. The summed E-state index contributed by atoms with van der Waals surface area (Å²) in [4.78, 5) is 10.6. The fourth-order valence-electron chi connectivity index (χ4n) is 0.521. The molecule has 0 aliphatic heterocycles. The van der Waals surface area contributed by atoms with Crippen LogP contribution in [0.25, 0.3) is 0 Å². The van der Waals surface area contributed by atoms with Crippen LogP contribution in [-0.2, 0) is 0 Å². The van der Waals surface area contributed by atoms with Gasteiger partial charge in [0.25, 0.3) is 0 Å². The van der Waals surface area contributed by atoms with E-state index in [1.165, 1.54) is 12.1 Å². The molecule has 2 nitrogen and oxygen atoms in total. The Morgan fingerprint density at radius 3 is 2.56 bits per heavy atom. The van der Waals surface area contributed by atoms with Crippen molar-refractivity contribution in [2.24, 2.45) is 0 Å². The molecular weight excluding hydrogens is 118 g/mol. The molecule has 0 saturated carbocycles. The van der Waals surface area contributed by atoms with E-state index in [0.29, 0.717) is 0 Å². The van der Waals surface area contributed by atoms with Crippen molar-refractivity contribution in [1.29, 1.82) is 0 Å². The molecule has 1 aromatic rings. The van der Waals surface area contributed by atoms with Crippen molar-refractivity contribution < 1.29 is 5.11 Å². The topological polar surface area (TPSA) is 37.3 Å². The molecule has 1 aromatic carbocycles. The van der Waals surface area contributed by atoms with E-state index in [4.69, 9.17) is 5.11 Å². The van der Waals surface area contributed by atoms with Crippen LogP contribution in [0.15, 0.2) is 35.1 Å². The quantitative estimate of drug-likeness (QED) is 0.554. The third-order valence-electron chi connectivity index (χ3n) is 0.976. The highest BCUT2D eigenvalue weighted by atomic mass is 16.4. The summed E-state index contributed by atoms with van der Waals surface area (Å²) in [7, 11) is 0. The fourth-order valence-corrected chi connectivity index (χ4v) is 0.521. The normalized spacial score (nSPS) is 8.89. The lowest BCUT2D eigenvalue weighted by Gasteiger charge is -1.74. The molecule has 0 fully saturated rings. The third-order valence-corrected chi connectivity index (χ3v) is 0.976. The van der Waals surface area contributed by atoms with Gasteiger partial charge in [0.15, 0.2) is 5.75 Å². The molecule has 0 aliphatic carbocycles. The largest absolute Gasteiger partial charge is 0.504 e. The molecule has 9 heavy (non-hydrogen) atoms. The number of hydrogen-bond acceptors (Lipinski definition) is 2. The lowest BCUT2D eigenvalue weighted by Crippen LogP contribution is -1.90. The molecule has 0 amide bonds. The van der Waals surface area contributed by atoms with Gasteiger partial charge in [-0.3, -0.25) is 4.79 Å². The van der Waals surface area contributed by atoms with Crippen LogP contribution in [0.4, 0.5) is 0 Å². The molecule has 46 valence electrons. The van der Waals surface area contributed by atoms with Gasteiger partial charge >= 0.3 is 0 Å². The van der Waals surface area contributed by atoms with E-state index < -0.39 is 0 Å². The molecule has 0 spiro atoms. The van der Waals surface area contributed by atoms with Gasteiger partial charge in [-0.25, -0.2) is 0 Å². The van der Waals surface area contributed by atoms with E-state index in [2.05, 4.69) is 0 Å². The Labute approximate surface area is 52.4 Å². The zero-order chi connectivity index (χ0) is 6.69. The van der Waals surface area contributed by atoms with Gasteiger partial charge in [-0.05, 0) is 12.1 Å². The zero-order valence-electron chi connectivity index (χ0n) is 4.74. The van der Waals surface area contributed by atoms with Gasteiger partial charge in [-0.1, -0.05) is 18.2 Å². The minimum atomic E-state index is -0.347. The van der Waals surface area contributed by atoms with Crippen LogP contribution in [-0.4, -0.2) is 5.11 Å². The average molecular weight is 124 g/mol. The summed E-state index contributed by atoms with van der Waals surface area (Å²) in [5, 5.41) is 8.77. The summed E-state index contributed by atoms with van der Waals surface area (Å²) >= 11 is 0. The molecule has 1 N–H and O–H groups in total. The van der Waals surface area contributed by atoms with Gasteiger partial charge in [0.1, 0.15) is 0 Å². The summed E-state index contributed by atoms with van der Waals surface area (Å²) in [6, 6.07) is 7.55. The Bertz CT molecular complexity index is 255. The van der Waals surface area contributed by atoms with Crippen molar-refractivity contribution in [3.05, 3.63) is 40.6 Å². The van der Waals surface area contributed by atoms with E-state index >= 15 is 0 Å². The first-order chi connectivity index (χ1) is 4.30. The van der Waals surface area contributed by atoms with Gasteiger partial charge in [0.05, 0.1) is 0 Å². The van der Waals surface area contributed by atoms with Crippen LogP contribution >= 0.6 is 0 Å². The Morgan fingerprint density at radius 2 is 1.78 bits per heavy atom. The summed E-state index contributed by atoms with van der Waals surface area (Å²) < 4.78 is 0. The molecule has 2 heteroatoms. The lowest BCUT2D eigenvalue weighted by molar-refractivity contribution is 0.471. The lowest BCUT2D eigenvalue weighted by atomic mass is 10.6. The third kappa shape index (κ3) is 1.29. The van der Waals surface area contributed by atoms with Crippen molar-refractivity contribution in [3.8, 4) is 5.75 Å². The molecule has 0 unspecified atom stereocenters. The van der Waals surface area contributed by atoms with Gasteiger partial charge in [-0.15, -0.1) is 0 Å². The molecular formula is C7H6O2. The predicted octanol–water partition coefficient (Wildman–Crippen LogP) is 0.752. The van der Waals surface area contributed by atoms with Gasteiger partial charge in [0, 0.05) is 0 Å². The molecule has 0 bridgehead atoms. The smallest absolute Gasteiger partial charge is 0.220 e. The Morgan fingerprint density at radius 1 is 1.11 bits per heavy atom. The Kier molecular flexibility index (Phi) is 1.49. The van der Waals surface area contributed by atoms with Crippen LogP contribution < -0.4 is 5.43 Å². The predicted molar refractivity (Wildman–Crippen MR) is 34.4 cm³/mol. The first kappa shape index (κ1) is 5.82. The van der Waals surface area contributed by atoms with E-state index in [1.807, 2.05) is 0 Å². The van der Waals surface area contributed by atoms with Crippen LogP contribution in [0.3, 0.4) is 0 Å². The van der Waals surface area contributed by atoms with Gasteiger partial charge < -0.3 is 5.11 Å². The number of aromatic hydroxyl groups is 1. The second-order valence-corrected chi connectivity index (χ2v) is 1.66. The van der Waals surface area contributed by atoms with Crippen LogP contribution in [0, 0.1) is 0 Å². The summed E-state index contributed by atoms with van der Waals surface area (Å²) in [5.74, 6) is -0.208. The van der Waals surface area contributed by atoms with E-state index in [1.54, 1.807) is 18.2 Å². The minimum absolute atomic E-state index is 0.208. The molecule has 0 radical (unpaired) electrons. The maximum atomic E-state index is 10.6. The van der Waals surface area contributed by atoms with Crippen molar-refractivity contribution in [1.82, 2.24) is 0 Å². The first-order valence-electron chi connectivity index (χ1n) is 2.59. The summed E-state index contributed by atoms with van der Waals surface area (Å²) in [6.07, 6.45) is 0. The molecule has 0 aliphatic rings. The van der Waals surface area contributed by atoms with E-state index in [0.717, 1.165) is 0 Å². The number of hydrogen-bond donors (Lipinski definition) is 1. The highest BCUT2D eigenvalue weighted by Gasteiger charge is 1.85. The van der Waals surface area contributed by atoms with Gasteiger partial charge in [-0.2, -0.15) is 0 Å². The van der Waals surface area contributed by atoms with E-state index in [9.17, 15) is 4.79 Å². The van der Waals surface area contributed by atoms with Crippen molar-refractivity contribution in [2.45, 2.75) is 0 Å². The average Bonchev–Trinajstić information content (AvgIpc) is 1.99. The highest BCUT2D eigenvalue weighted by Crippen LogP contribution is 1.93. The zero-order valence-corrected chi connectivity index (χ0v) is 4.74. The summed E-state index contributed by atoms with van der Waals surface area (Å²) in [6.45, 7) is 0. The first-order valence-corrected chi connectivity index (χ1v) is 2.59. The molecule has 1 rings (SSSR count). The molecule has 0 heterocycles. The van der Waals surface area contributed by atoms with Crippen molar-refractivity contribution >= 4 is 0 Å². The maximum absolute atomic E-state index is 10.6. The Balaban J connectivity index is 3.42. The van der Waals surface area contributed by atoms with Gasteiger partial charge in [0.2, 0.25) is 5.43 Å². The fraction of sp³-hybridized carbons (Fsp3) is 0. The second-order valence-electron chi connectivity index (χ2n) is 1.66. The van der Waals surface area contributed by atoms with Crippen molar-refractivity contribution in [2.75, 3.05) is 0 Å². The van der Waals surface area contributed by atoms with Crippen LogP contribution in [0.1, 0.15) is 0 Å². The second kappa shape index (κ2) is 2.31.